The molecule has 0 bridgehead atoms. The number of furan rings is 1. The molecule has 1 aliphatic rings. The Balaban J connectivity index is 1.48. The van der Waals surface area contributed by atoms with E-state index in [9.17, 15) is 9.59 Å². The van der Waals surface area contributed by atoms with Crippen molar-refractivity contribution in [2.45, 2.75) is 11.6 Å². The van der Waals surface area contributed by atoms with E-state index in [0.717, 1.165) is 18.0 Å². The maximum atomic E-state index is 12.9. The van der Waals surface area contributed by atoms with Crippen molar-refractivity contribution >= 4 is 57.5 Å². The van der Waals surface area contributed by atoms with Gasteiger partial charge in [-0.1, -0.05) is 36.5 Å². The average Bonchev–Trinajstić information content (AvgIpc) is 3.55. The highest BCUT2D eigenvalue weighted by molar-refractivity contribution is 8.22. The second-order valence-corrected chi connectivity index (χ2v) is 9.93. The molecule has 2 N–H and O–H groups in total. The molecule has 0 saturated carbocycles. The van der Waals surface area contributed by atoms with Gasteiger partial charge >= 0.3 is 0 Å². The molecular weight excluding hydrogens is 490 g/mol. The van der Waals surface area contributed by atoms with E-state index >= 15 is 0 Å². The van der Waals surface area contributed by atoms with Gasteiger partial charge in [0.25, 0.3) is 11.8 Å². The third-order valence-corrected chi connectivity index (χ3v) is 7.12. The number of thioether (sulfide) groups is 1. The maximum absolute atomic E-state index is 12.9. The lowest BCUT2D eigenvalue weighted by molar-refractivity contribution is -0.117. The summed E-state index contributed by atoms with van der Waals surface area (Å²) in [5.74, 6) is -0.359. The highest BCUT2D eigenvalue weighted by Crippen LogP contribution is 2.25. The molecule has 0 atom stereocenters. The highest BCUT2D eigenvalue weighted by atomic mass is 32.2. The smallest absolute Gasteiger partial charge is 0.268 e. The molecule has 1 aromatic carbocycles. The summed E-state index contributed by atoms with van der Waals surface area (Å²) in [4.78, 5) is 28.7. The largest absolute Gasteiger partial charge is 0.450 e. The number of carbonyl (C=O) groups is 2. The number of amides is 2. The van der Waals surface area contributed by atoms with E-state index in [2.05, 4.69) is 15.5 Å². The summed E-state index contributed by atoms with van der Waals surface area (Å²) in [6.45, 7) is 3.16. The van der Waals surface area contributed by atoms with Crippen LogP contribution in [0.15, 0.2) is 75.2 Å². The fourth-order valence-electron chi connectivity index (χ4n) is 3.12. The van der Waals surface area contributed by atoms with Crippen molar-refractivity contribution in [1.29, 1.82) is 0 Å². The van der Waals surface area contributed by atoms with Crippen LogP contribution in [0.5, 0.6) is 0 Å². The normalized spacial score (nSPS) is 14.0. The Bertz CT molecular complexity index is 1150. The van der Waals surface area contributed by atoms with E-state index < -0.39 is 5.91 Å². The zero-order valence-corrected chi connectivity index (χ0v) is 20.6. The first-order valence-electron chi connectivity index (χ1n) is 10.6. The minimum absolute atomic E-state index is 0.0899. The Morgan fingerprint density at radius 1 is 1.09 bits per heavy atom. The summed E-state index contributed by atoms with van der Waals surface area (Å²) in [5.41, 5.74) is 0.540. The van der Waals surface area contributed by atoms with E-state index in [0.29, 0.717) is 40.5 Å². The van der Waals surface area contributed by atoms with Crippen molar-refractivity contribution in [2.75, 3.05) is 26.3 Å². The molecule has 4 rings (SSSR count). The lowest BCUT2D eigenvalue weighted by atomic mass is 10.2. The summed E-state index contributed by atoms with van der Waals surface area (Å²) in [6.07, 6.45) is 1.52. The Kier molecular flexibility index (Phi) is 8.53. The van der Waals surface area contributed by atoms with Gasteiger partial charge in [0.2, 0.25) is 0 Å². The monoisotopic (exact) mass is 513 g/mol. The van der Waals surface area contributed by atoms with Gasteiger partial charge in [-0.05, 0) is 47.5 Å². The number of carbonyl (C=O) groups excluding carboxylic acids is 2. The molecule has 1 aliphatic heterocycles. The Morgan fingerprint density at radius 3 is 2.62 bits per heavy atom. The Morgan fingerprint density at radius 2 is 1.88 bits per heavy atom. The molecule has 176 valence electrons. The van der Waals surface area contributed by atoms with Gasteiger partial charge in [0.15, 0.2) is 5.09 Å². The average molecular weight is 514 g/mol. The summed E-state index contributed by atoms with van der Waals surface area (Å²) < 4.78 is 11.9. The third kappa shape index (κ3) is 6.80. The van der Waals surface area contributed by atoms with Crippen LogP contribution in [0.3, 0.4) is 0 Å². The maximum Gasteiger partial charge on any atom is 0.268 e. The number of hydrogen-bond donors (Lipinski definition) is 2. The van der Waals surface area contributed by atoms with Crippen LogP contribution in [0.25, 0.3) is 6.08 Å². The molecule has 0 spiro atoms. The van der Waals surface area contributed by atoms with Crippen molar-refractivity contribution < 1.29 is 18.7 Å². The number of nitrogens with one attached hydrogen (secondary N) is 2. The van der Waals surface area contributed by atoms with Crippen LogP contribution < -0.4 is 10.6 Å². The minimum atomic E-state index is -0.410. The standard InChI is InChI=1S/C24H23N3O4S3/c28-22(17-5-2-1-3-6-17)26-20(23(29)25-16-19-7-4-14-33-19)15-18-8-9-21(31-18)34-24(32)27-10-12-30-13-11-27/h1-9,14-15H,10-13,16H2,(H,25,29)(H,26,28). The van der Waals surface area contributed by atoms with Crippen LogP contribution in [-0.2, 0) is 16.1 Å². The van der Waals surface area contributed by atoms with Crippen molar-refractivity contribution in [3.63, 3.8) is 0 Å². The van der Waals surface area contributed by atoms with Gasteiger partial charge in [-0.2, -0.15) is 0 Å². The predicted octanol–water partition coefficient (Wildman–Crippen LogP) is 4.14. The molecule has 1 fully saturated rings. The van der Waals surface area contributed by atoms with Crippen LogP contribution in [0.4, 0.5) is 0 Å². The number of morpholine rings is 1. The van der Waals surface area contributed by atoms with E-state index in [1.54, 1.807) is 47.7 Å². The van der Waals surface area contributed by atoms with Gasteiger partial charge < -0.3 is 24.7 Å². The number of thiophene rings is 1. The van der Waals surface area contributed by atoms with Crippen LogP contribution in [0.1, 0.15) is 21.0 Å². The van der Waals surface area contributed by atoms with Gasteiger partial charge in [0.05, 0.1) is 19.8 Å². The molecule has 34 heavy (non-hydrogen) atoms. The molecule has 0 unspecified atom stereocenters. The van der Waals surface area contributed by atoms with Gasteiger partial charge in [0.1, 0.15) is 15.8 Å². The van der Waals surface area contributed by atoms with Gasteiger partial charge in [0, 0.05) is 29.6 Å². The molecule has 0 radical (unpaired) electrons. The fourth-order valence-corrected chi connectivity index (χ4v) is 4.96. The first-order chi connectivity index (χ1) is 16.6. The molecule has 2 amide bonds. The predicted molar refractivity (Wildman–Crippen MR) is 138 cm³/mol. The molecule has 0 aliphatic carbocycles. The molecule has 2 aromatic heterocycles. The molecule has 7 nitrogen and oxygen atoms in total. The molecule has 10 heteroatoms. The number of thiocarbonyl (C=S) groups is 1. The van der Waals surface area contributed by atoms with Crippen molar-refractivity contribution in [3.05, 3.63) is 81.9 Å². The number of ether oxygens (including phenoxy) is 1. The fraction of sp³-hybridized carbons (Fsp3) is 0.208. The van der Waals surface area contributed by atoms with Crippen LogP contribution in [-0.4, -0.2) is 47.3 Å². The van der Waals surface area contributed by atoms with E-state index in [1.165, 1.54) is 17.8 Å². The van der Waals surface area contributed by atoms with E-state index in [4.69, 9.17) is 21.4 Å². The SMILES string of the molecule is O=C(NCc1cccs1)C(=Cc1ccc(SC(=S)N2CCOCC2)o1)NC(=O)c1ccccc1. The second-order valence-electron chi connectivity index (χ2n) is 7.26. The van der Waals surface area contributed by atoms with Crippen LogP contribution in [0.2, 0.25) is 0 Å². The van der Waals surface area contributed by atoms with E-state index in [-0.39, 0.29) is 11.6 Å². The summed E-state index contributed by atoms with van der Waals surface area (Å²) in [5, 5.41) is 8.11. The Labute approximate surface area is 211 Å². The summed E-state index contributed by atoms with van der Waals surface area (Å²) >= 11 is 8.41. The first kappa shape index (κ1) is 24.2. The molecule has 3 aromatic rings. The Hall–Kier alpha value is -2.92. The number of rotatable bonds is 7. The zero-order chi connectivity index (χ0) is 23.8. The van der Waals surface area contributed by atoms with Gasteiger partial charge in [-0.15, -0.1) is 11.3 Å². The topological polar surface area (TPSA) is 83.8 Å². The quantitative estimate of drug-likeness (QED) is 0.279. The number of nitrogens with zero attached hydrogens (tertiary/aromatic N) is 1. The summed E-state index contributed by atoms with van der Waals surface area (Å²) in [6, 6.07) is 16.1. The first-order valence-corrected chi connectivity index (χ1v) is 12.7. The van der Waals surface area contributed by atoms with Gasteiger partial charge in [-0.3, -0.25) is 9.59 Å². The summed E-state index contributed by atoms with van der Waals surface area (Å²) in [7, 11) is 0. The zero-order valence-electron chi connectivity index (χ0n) is 18.2. The van der Waals surface area contributed by atoms with Crippen molar-refractivity contribution in [1.82, 2.24) is 15.5 Å². The van der Waals surface area contributed by atoms with Crippen LogP contribution in [0, 0.1) is 0 Å². The third-order valence-electron chi connectivity index (χ3n) is 4.88. The molecule has 3 heterocycles. The van der Waals surface area contributed by atoms with Crippen LogP contribution >= 0.6 is 35.3 Å². The highest BCUT2D eigenvalue weighted by Gasteiger charge is 2.18. The minimum Gasteiger partial charge on any atom is -0.450 e. The molecule has 1 saturated heterocycles. The number of hydrogen-bond acceptors (Lipinski definition) is 7. The van der Waals surface area contributed by atoms with Crippen molar-refractivity contribution in [3.8, 4) is 0 Å². The van der Waals surface area contributed by atoms with E-state index in [1.807, 2.05) is 23.6 Å². The molecular formula is C24H23N3O4S3. The number of benzene rings is 1. The second kappa shape index (κ2) is 12.0. The van der Waals surface area contributed by atoms with Gasteiger partial charge in [-0.25, -0.2) is 0 Å². The lowest BCUT2D eigenvalue weighted by Gasteiger charge is -2.28. The lowest BCUT2D eigenvalue weighted by Crippen LogP contribution is -2.38. The van der Waals surface area contributed by atoms with Crippen molar-refractivity contribution in [2.24, 2.45) is 0 Å².